The molecule has 1 aliphatic heterocycles. The first-order valence-corrected chi connectivity index (χ1v) is 13.0. The molecule has 0 bridgehead atoms. The number of nitrogens with one attached hydrogen (secondary N) is 2. The zero-order valence-corrected chi connectivity index (χ0v) is 21.8. The van der Waals surface area contributed by atoms with Crippen LogP contribution in [0.1, 0.15) is 34.5 Å². The second-order valence-electron chi connectivity index (χ2n) is 8.68. The summed E-state index contributed by atoms with van der Waals surface area (Å²) in [6.45, 7) is 3.83. The maximum Gasteiger partial charge on any atom is 0.255 e. The average Bonchev–Trinajstić information content (AvgIpc) is 3.30. The molecule has 0 saturated heterocycles. The molecule has 186 valence electrons. The van der Waals surface area contributed by atoms with Crippen LogP contribution in [-0.4, -0.2) is 32.2 Å². The standard InChI is InChI=1S/C28H24ClN5O2S/c1-17-8-10-19(11-9-17)23(35)16-37-28-32-27-30-18(2)24(26(36)31-22-6-4-3-5-7-22)25(34(27)33-28)20-12-14-21(29)15-13-20/h3-15,25H,16H2,1-2H3,(H,31,36)(H,30,32,33)/t25-/m1/s1. The van der Waals surface area contributed by atoms with E-state index in [0.717, 1.165) is 11.1 Å². The summed E-state index contributed by atoms with van der Waals surface area (Å²) in [5.74, 6) is 0.448. The van der Waals surface area contributed by atoms with Gasteiger partial charge in [0.2, 0.25) is 11.1 Å². The number of ketones is 1. The van der Waals surface area contributed by atoms with Gasteiger partial charge in [0.25, 0.3) is 5.91 Å². The fourth-order valence-corrected chi connectivity index (χ4v) is 4.96. The van der Waals surface area contributed by atoms with Crippen molar-refractivity contribution in [3.05, 3.63) is 112 Å². The molecule has 1 aromatic heterocycles. The average molecular weight is 530 g/mol. The van der Waals surface area contributed by atoms with Crippen molar-refractivity contribution in [2.75, 3.05) is 16.4 Å². The van der Waals surface area contributed by atoms with E-state index in [1.807, 2.05) is 80.6 Å². The number of aromatic nitrogens is 3. The second kappa shape index (κ2) is 10.6. The summed E-state index contributed by atoms with van der Waals surface area (Å²) in [7, 11) is 0. The fourth-order valence-electron chi connectivity index (χ4n) is 4.11. The van der Waals surface area contributed by atoms with E-state index in [0.29, 0.717) is 38.6 Å². The van der Waals surface area contributed by atoms with Crippen LogP contribution in [-0.2, 0) is 4.79 Å². The number of anilines is 2. The van der Waals surface area contributed by atoms with Crippen LogP contribution in [0, 0.1) is 6.92 Å². The molecule has 7 nitrogen and oxygen atoms in total. The lowest BCUT2D eigenvalue weighted by molar-refractivity contribution is -0.113. The lowest BCUT2D eigenvalue weighted by Gasteiger charge is -2.28. The molecule has 9 heteroatoms. The Labute approximate surface area is 224 Å². The van der Waals surface area contributed by atoms with Gasteiger partial charge in [-0.2, -0.15) is 4.98 Å². The third-order valence-corrected chi connectivity index (χ3v) is 7.09. The highest BCUT2D eigenvalue weighted by atomic mass is 35.5. The van der Waals surface area contributed by atoms with Gasteiger partial charge in [-0.3, -0.25) is 9.59 Å². The number of fused-ring (bicyclic) bond motifs is 1. The summed E-state index contributed by atoms with van der Waals surface area (Å²) in [5, 5.41) is 11.9. The SMILES string of the molecule is CC1=C(C(=O)Nc2ccccc2)[C@@H](c2ccc(Cl)cc2)n2nc(SCC(=O)c3ccc(C)cc3)nc2N1. The summed E-state index contributed by atoms with van der Waals surface area (Å²) < 4.78 is 1.69. The lowest BCUT2D eigenvalue weighted by atomic mass is 9.95. The maximum absolute atomic E-state index is 13.5. The smallest absolute Gasteiger partial charge is 0.255 e. The van der Waals surface area contributed by atoms with Crippen LogP contribution in [0.4, 0.5) is 11.6 Å². The van der Waals surface area contributed by atoms with Gasteiger partial charge in [0.1, 0.15) is 6.04 Å². The summed E-state index contributed by atoms with van der Waals surface area (Å²) in [6, 6.07) is 23.6. The van der Waals surface area contributed by atoms with Crippen molar-refractivity contribution >= 4 is 46.7 Å². The van der Waals surface area contributed by atoms with Gasteiger partial charge in [-0.25, -0.2) is 4.68 Å². The molecule has 0 unspecified atom stereocenters. The largest absolute Gasteiger partial charge is 0.328 e. The number of benzene rings is 3. The zero-order chi connectivity index (χ0) is 25.9. The Morgan fingerprint density at radius 2 is 1.70 bits per heavy atom. The van der Waals surface area contributed by atoms with Crippen molar-refractivity contribution in [3.63, 3.8) is 0 Å². The summed E-state index contributed by atoms with van der Waals surface area (Å²) >= 11 is 7.41. The number of carbonyl (C=O) groups excluding carboxylic acids is 2. The highest BCUT2D eigenvalue weighted by Crippen LogP contribution is 2.37. The summed E-state index contributed by atoms with van der Waals surface area (Å²) in [6.07, 6.45) is 0. The minimum Gasteiger partial charge on any atom is -0.328 e. The molecular weight excluding hydrogens is 506 g/mol. The van der Waals surface area contributed by atoms with Crippen LogP contribution in [0.3, 0.4) is 0 Å². The van der Waals surface area contributed by atoms with Crippen molar-refractivity contribution in [3.8, 4) is 0 Å². The van der Waals surface area contributed by atoms with Crippen LogP contribution in [0.15, 0.2) is 95.3 Å². The first kappa shape index (κ1) is 24.8. The van der Waals surface area contributed by atoms with Gasteiger partial charge in [0.15, 0.2) is 5.78 Å². The summed E-state index contributed by atoms with van der Waals surface area (Å²) in [5.41, 5.74) is 4.45. The molecule has 0 aliphatic carbocycles. The minimum absolute atomic E-state index is 0.00258. The molecule has 2 N–H and O–H groups in total. The molecular formula is C28H24ClN5O2S. The summed E-state index contributed by atoms with van der Waals surface area (Å²) in [4.78, 5) is 30.8. The number of hydrogen-bond acceptors (Lipinski definition) is 6. The first-order valence-electron chi connectivity index (χ1n) is 11.7. The number of rotatable bonds is 7. The molecule has 1 atom stereocenters. The van der Waals surface area contributed by atoms with Crippen molar-refractivity contribution in [1.29, 1.82) is 0 Å². The topological polar surface area (TPSA) is 88.9 Å². The van der Waals surface area contributed by atoms with Gasteiger partial charge in [-0.1, -0.05) is 83.5 Å². The Morgan fingerprint density at radius 1 is 1.00 bits per heavy atom. The minimum atomic E-state index is -0.535. The Balaban J connectivity index is 1.44. The van der Waals surface area contributed by atoms with E-state index in [1.54, 1.807) is 16.8 Å². The van der Waals surface area contributed by atoms with Crippen LogP contribution >= 0.6 is 23.4 Å². The number of allylic oxidation sites excluding steroid dienone is 1. The number of aryl methyl sites for hydroxylation is 1. The van der Waals surface area contributed by atoms with Gasteiger partial charge in [0, 0.05) is 22.0 Å². The normalized spacial score (nSPS) is 14.6. The zero-order valence-electron chi connectivity index (χ0n) is 20.2. The molecule has 37 heavy (non-hydrogen) atoms. The van der Waals surface area contributed by atoms with Gasteiger partial charge in [-0.05, 0) is 43.7 Å². The number of para-hydroxylation sites is 1. The molecule has 5 rings (SSSR count). The van der Waals surface area contributed by atoms with E-state index in [9.17, 15) is 9.59 Å². The number of carbonyl (C=O) groups is 2. The predicted octanol–water partition coefficient (Wildman–Crippen LogP) is 6.14. The van der Waals surface area contributed by atoms with Gasteiger partial charge in [-0.15, -0.1) is 5.10 Å². The monoisotopic (exact) mass is 529 g/mol. The van der Waals surface area contributed by atoms with Crippen LogP contribution in [0.25, 0.3) is 0 Å². The van der Waals surface area contributed by atoms with E-state index in [4.69, 9.17) is 16.7 Å². The van der Waals surface area contributed by atoms with E-state index >= 15 is 0 Å². The van der Waals surface area contributed by atoms with E-state index < -0.39 is 6.04 Å². The predicted molar refractivity (Wildman–Crippen MR) is 147 cm³/mol. The quantitative estimate of drug-likeness (QED) is 0.221. The highest BCUT2D eigenvalue weighted by Gasteiger charge is 2.34. The van der Waals surface area contributed by atoms with Crippen LogP contribution in [0.5, 0.6) is 0 Å². The lowest BCUT2D eigenvalue weighted by Crippen LogP contribution is -2.31. The first-order chi connectivity index (χ1) is 17.9. The molecule has 2 heterocycles. The maximum atomic E-state index is 13.5. The number of hydrogen-bond donors (Lipinski definition) is 2. The Bertz CT molecular complexity index is 1480. The van der Waals surface area contributed by atoms with Crippen molar-refractivity contribution in [1.82, 2.24) is 14.8 Å². The molecule has 0 radical (unpaired) electrons. The van der Waals surface area contributed by atoms with E-state index in [2.05, 4.69) is 15.6 Å². The number of nitrogens with zero attached hydrogens (tertiary/aromatic N) is 3. The highest BCUT2D eigenvalue weighted by molar-refractivity contribution is 7.99. The van der Waals surface area contributed by atoms with Gasteiger partial charge < -0.3 is 10.6 Å². The third-order valence-electron chi connectivity index (χ3n) is 6.00. The van der Waals surface area contributed by atoms with Crippen LogP contribution < -0.4 is 10.6 Å². The number of halogens is 1. The number of Topliss-reactive ketones (excluding diaryl/α,β-unsaturated/α-hetero) is 1. The second-order valence-corrected chi connectivity index (χ2v) is 10.1. The Hall–Kier alpha value is -3.88. The molecule has 1 aliphatic rings. The van der Waals surface area contributed by atoms with E-state index in [-0.39, 0.29) is 17.4 Å². The molecule has 0 spiro atoms. The van der Waals surface area contributed by atoms with E-state index in [1.165, 1.54) is 11.8 Å². The molecule has 0 fully saturated rings. The fraction of sp³-hybridized carbons (Fsp3) is 0.143. The molecule has 1 amide bonds. The molecule has 4 aromatic rings. The Kier molecular flexibility index (Phi) is 7.12. The Morgan fingerprint density at radius 3 is 2.41 bits per heavy atom. The third kappa shape index (κ3) is 5.45. The van der Waals surface area contributed by atoms with Crippen LogP contribution in [0.2, 0.25) is 5.02 Å². The molecule has 0 saturated carbocycles. The van der Waals surface area contributed by atoms with Crippen molar-refractivity contribution in [2.45, 2.75) is 25.0 Å². The number of thioether (sulfide) groups is 1. The van der Waals surface area contributed by atoms with Gasteiger partial charge in [0.05, 0.1) is 11.3 Å². The van der Waals surface area contributed by atoms with Crippen molar-refractivity contribution < 1.29 is 9.59 Å². The van der Waals surface area contributed by atoms with Gasteiger partial charge >= 0.3 is 0 Å². The molecule has 3 aromatic carbocycles. The number of amides is 1. The van der Waals surface area contributed by atoms with Crippen molar-refractivity contribution in [2.24, 2.45) is 0 Å².